The first kappa shape index (κ1) is 27.3. The van der Waals surface area contributed by atoms with E-state index in [1.807, 2.05) is 0 Å². The number of alkyl halides is 9. The third-order valence-electron chi connectivity index (χ3n) is 1.47. The standard InChI is InChI=1S/C5H2F6O2.C5H5F3O2.Pd/c6-4(7,8)2(12)1-3(13)5(9,10)11;1-3(9)2-4(10)5(6,7)8;/h1,12H;2,10H,1H3;/b2-1-;4-2-;. The van der Waals surface area contributed by atoms with Crippen LogP contribution in [0.3, 0.4) is 0 Å². The van der Waals surface area contributed by atoms with E-state index < -0.39 is 47.7 Å². The summed E-state index contributed by atoms with van der Waals surface area (Å²) in [5, 5.41) is 16.0. The van der Waals surface area contributed by atoms with E-state index in [1.165, 1.54) is 0 Å². The fourth-order valence-corrected chi connectivity index (χ4v) is 0.562. The topological polar surface area (TPSA) is 74.6 Å². The molecule has 0 radical (unpaired) electrons. The molecule has 2 N–H and O–H groups in total. The summed E-state index contributed by atoms with van der Waals surface area (Å²) >= 11 is 0. The molecule has 14 heteroatoms. The molecule has 0 aliphatic rings. The number of allylic oxidation sites excluding steroid dienone is 4. The van der Waals surface area contributed by atoms with E-state index in [0.717, 1.165) is 6.92 Å². The zero-order valence-corrected chi connectivity index (χ0v) is 12.6. The number of halogens is 9. The van der Waals surface area contributed by atoms with E-state index >= 15 is 0 Å². The summed E-state index contributed by atoms with van der Waals surface area (Å²) in [7, 11) is 0. The summed E-state index contributed by atoms with van der Waals surface area (Å²) in [4.78, 5) is 19.8. The van der Waals surface area contributed by atoms with Crippen molar-refractivity contribution in [2.24, 2.45) is 0 Å². The number of hydrogen-bond donors (Lipinski definition) is 2. The molecular formula is C10H7F9O4Pd. The molecule has 0 saturated heterocycles. The van der Waals surface area contributed by atoms with Crippen molar-refractivity contribution >= 4 is 11.6 Å². The number of carbonyl (C=O) groups excluding carboxylic acids is 2. The minimum Gasteiger partial charge on any atom is -0.504 e. The number of rotatable bonds is 2. The quantitative estimate of drug-likeness (QED) is 0.281. The molecule has 0 aliphatic heterocycles. The monoisotopic (exact) mass is 468 g/mol. The summed E-state index contributed by atoms with van der Waals surface area (Å²) in [5.41, 5.74) is 0. The molecule has 4 nitrogen and oxygen atoms in total. The Balaban J connectivity index is -0.000000364. The van der Waals surface area contributed by atoms with Gasteiger partial charge in [-0.15, -0.1) is 0 Å². The second kappa shape index (κ2) is 9.68. The number of carbonyl (C=O) groups is 2. The van der Waals surface area contributed by atoms with Gasteiger partial charge >= 0.3 is 18.5 Å². The van der Waals surface area contributed by atoms with Gasteiger partial charge in [0.25, 0.3) is 5.78 Å². The zero-order valence-electron chi connectivity index (χ0n) is 11.1. The Kier molecular flexibility index (Phi) is 11.0. The molecule has 0 aromatic carbocycles. The summed E-state index contributed by atoms with van der Waals surface area (Å²) < 4.78 is 102. The van der Waals surface area contributed by atoms with E-state index in [1.54, 1.807) is 0 Å². The van der Waals surface area contributed by atoms with E-state index in [2.05, 4.69) is 0 Å². The number of aliphatic hydroxyl groups excluding tert-OH is 2. The van der Waals surface area contributed by atoms with Crippen molar-refractivity contribution in [1.29, 1.82) is 0 Å². The molecule has 0 unspecified atom stereocenters. The molecular weight excluding hydrogens is 462 g/mol. The van der Waals surface area contributed by atoms with Crippen molar-refractivity contribution in [3.05, 3.63) is 23.7 Å². The maximum Gasteiger partial charge on any atom is 0.454 e. The second-order valence-electron chi connectivity index (χ2n) is 3.53. The van der Waals surface area contributed by atoms with Crippen LogP contribution >= 0.6 is 0 Å². The molecule has 0 amide bonds. The van der Waals surface area contributed by atoms with Crippen LogP contribution in [0.2, 0.25) is 0 Å². The van der Waals surface area contributed by atoms with Gasteiger partial charge in [-0.25, -0.2) is 0 Å². The van der Waals surface area contributed by atoms with Crippen molar-refractivity contribution in [3.8, 4) is 0 Å². The second-order valence-corrected chi connectivity index (χ2v) is 3.53. The van der Waals surface area contributed by atoms with Crippen LogP contribution in [0.25, 0.3) is 0 Å². The first-order valence-corrected chi connectivity index (χ1v) is 4.96. The van der Waals surface area contributed by atoms with Gasteiger partial charge < -0.3 is 10.2 Å². The van der Waals surface area contributed by atoms with Gasteiger partial charge in [0.15, 0.2) is 5.78 Å². The van der Waals surface area contributed by atoms with Gasteiger partial charge in [0.2, 0.25) is 11.5 Å². The number of ketones is 2. The average Bonchev–Trinajstić information content (AvgIpc) is 2.24. The molecule has 144 valence electrons. The third kappa shape index (κ3) is 12.9. The molecule has 0 fully saturated rings. The van der Waals surface area contributed by atoms with Gasteiger partial charge in [0.05, 0.1) is 0 Å². The minimum atomic E-state index is -5.42. The Bertz CT molecular complexity index is 500. The van der Waals surface area contributed by atoms with Crippen molar-refractivity contribution < 1.29 is 79.7 Å². The van der Waals surface area contributed by atoms with E-state index in [-0.39, 0.29) is 26.5 Å². The van der Waals surface area contributed by atoms with Crippen LogP contribution in [0, 0.1) is 0 Å². The predicted molar refractivity (Wildman–Crippen MR) is 55.3 cm³/mol. The zero-order chi connectivity index (χ0) is 19.2. The largest absolute Gasteiger partial charge is 0.504 e. The van der Waals surface area contributed by atoms with E-state index in [4.69, 9.17) is 10.2 Å². The predicted octanol–water partition coefficient (Wildman–Crippen LogP) is 3.70. The van der Waals surface area contributed by atoms with Gasteiger partial charge in [0.1, 0.15) is 0 Å². The summed E-state index contributed by atoms with van der Waals surface area (Å²) in [6.45, 7) is 0.919. The van der Waals surface area contributed by atoms with Gasteiger partial charge in [-0.1, -0.05) is 0 Å². The smallest absolute Gasteiger partial charge is 0.454 e. The van der Waals surface area contributed by atoms with Crippen molar-refractivity contribution in [2.75, 3.05) is 0 Å². The SMILES string of the molecule is CC(=O)/C=C(\O)C(F)(F)F.O=C(/C=C(\O)C(F)(F)F)C(F)(F)F.[Pd]. The molecule has 0 aromatic rings. The maximum atomic E-state index is 11.4. The number of hydrogen-bond acceptors (Lipinski definition) is 4. The maximum absolute atomic E-state index is 11.4. The van der Waals surface area contributed by atoms with Crippen LogP contribution < -0.4 is 0 Å². The van der Waals surface area contributed by atoms with Gasteiger partial charge in [-0.2, -0.15) is 39.5 Å². The van der Waals surface area contributed by atoms with Crippen molar-refractivity contribution in [1.82, 2.24) is 0 Å². The van der Waals surface area contributed by atoms with E-state index in [9.17, 15) is 49.1 Å². The van der Waals surface area contributed by atoms with E-state index in [0.29, 0.717) is 0 Å². The molecule has 0 saturated carbocycles. The Morgan fingerprint density at radius 1 is 0.708 bits per heavy atom. The van der Waals surface area contributed by atoms with Crippen LogP contribution in [0.15, 0.2) is 23.7 Å². The molecule has 24 heavy (non-hydrogen) atoms. The van der Waals surface area contributed by atoms with Crippen molar-refractivity contribution in [3.63, 3.8) is 0 Å². The van der Waals surface area contributed by atoms with Crippen LogP contribution in [-0.4, -0.2) is 40.3 Å². The third-order valence-corrected chi connectivity index (χ3v) is 1.47. The fraction of sp³-hybridized carbons (Fsp3) is 0.400. The van der Waals surface area contributed by atoms with Crippen LogP contribution in [0.4, 0.5) is 39.5 Å². The minimum absolute atomic E-state index is 0. The van der Waals surface area contributed by atoms with Crippen LogP contribution in [0.5, 0.6) is 0 Å². The molecule has 0 atom stereocenters. The van der Waals surface area contributed by atoms with Crippen LogP contribution in [0.1, 0.15) is 6.92 Å². The first-order valence-electron chi connectivity index (χ1n) is 4.96. The summed E-state index contributed by atoms with van der Waals surface area (Å²) in [5.74, 6) is -8.04. The normalized spacial score (nSPS) is 13.4. The van der Waals surface area contributed by atoms with Gasteiger partial charge in [-0.3, -0.25) is 9.59 Å². The summed E-state index contributed by atoms with van der Waals surface area (Å²) in [6, 6.07) is 0. The fourth-order valence-electron chi connectivity index (χ4n) is 0.562. The molecule has 0 heterocycles. The Labute approximate surface area is 141 Å². The van der Waals surface area contributed by atoms with Crippen LogP contribution in [-0.2, 0) is 30.0 Å². The molecule has 0 bridgehead atoms. The molecule has 0 rings (SSSR count). The molecule has 0 aromatic heterocycles. The molecule has 0 spiro atoms. The Morgan fingerprint density at radius 3 is 1.17 bits per heavy atom. The Morgan fingerprint density at radius 2 is 1.00 bits per heavy atom. The van der Waals surface area contributed by atoms with Crippen molar-refractivity contribution in [2.45, 2.75) is 25.5 Å². The van der Waals surface area contributed by atoms with Gasteiger partial charge in [0, 0.05) is 32.6 Å². The molecule has 0 aliphatic carbocycles. The van der Waals surface area contributed by atoms with Gasteiger partial charge in [-0.05, 0) is 6.92 Å². The number of aliphatic hydroxyl groups is 2. The first-order chi connectivity index (χ1) is 9.89. The average molecular weight is 469 g/mol. The summed E-state index contributed by atoms with van der Waals surface area (Å²) in [6.07, 6.45) is -16.4. The Hall–Kier alpha value is -1.55.